The van der Waals surface area contributed by atoms with Gasteiger partial charge in [-0.25, -0.2) is 5.43 Å². The standard InChI is InChI=1S/C60H82F3N11O5/c1-38(2)51-45(28-43(30-65-51)70-25-23-69(24-26-70)42-14-15-42)53-46-29-58(3,4)37-79-57(78)47-12-8-20-74(67-47)56(77)49(33-68-19-7-11-41(32-68)40-13-16-50(44(46)27-40)73(53)36-60(61,62)63)66-54(75)52(39-9-5-6-10-39)71-21-17-59(34-71)18-22-72(35-59)55(76)48-31-64-48/h11,13,16,27-28,30,38-39,42,47-49,52,64,67H,5-10,12,14-15,17-26,29,31-37H2,1-4H3,(H,66,75)/t47-,48+,49-,52-,59-/m0/s1. The van der Waals surface area contributed by atoms with Crippen LogP contribution in [0.25, 0.3) is 27.7 Å². The largest absolute Gasteiger partial charge is 0.464 e. The second-order valence-corrected chi connectivity index (χ2v) is 26.1. The van der Waals surface area contributed by atoms with Crippen molar-refractivity contribution in [2.75, 3.05) is 96.6 Å². The number of rotatable bonds is 10. The van der Waals surface area contributed by atoms with Crippen LogP contribution in [0, 0.1) is 16.7 Å². The van der Waals surface area contributed by atoms with E-state index in [-0.39, 0.29) is 54.2 Å². The number of halogens is 3. The maximum absolute atomic E-state index is 15.2. The smallest absolute Gasteiger partial charge is 0.406 e. The van der Waals surface area contributed by atoms with Gasteiger partial charge >= 0.3 is 12.1 Å². The molecule has 7 aliphatic heterocycles. The molecule has 3 N–H and O–H groups in total. The van der Waals surface area contributed by atoms with E-state index >= 15 is 22.8 Å². The highest BCUT2D eigenvalue weighted by Gasteiger charge is 2.51. The average Bonchev–Trinajstić information content (AvgIpc) is 4.43. The Labute approximate surface area is 463 Å². The van der Waals surface area contributed by atoms with Gasteiger partial charge < -0.3 is 29.7 Å². The molecule has 2 aromatic heterocycles. The zero-order chi connectivity index (χ0) is 55.0. The number of nitrogens with zero attached hydrogens (tertiary/aromatic N) is 8. The molecule has 2 saturated carbocycles. The number of cyclic esters (lactones) is 1. The first-order chi connectivity index (χ1) is 37.9. The predicted molar refractivity (Wildman–Crippen MR) is 297 cm³/mol. The van der Waals surface area contributed by atoms with Crippen LogP contribution >= 0.6 is 0 Å². The van der Waals surface area contributed by atoms with Crippen molar-refractivity contribution in [2.45, 2.75) is 154 Å². The molecule has 6 atom stereocenters. The van der Waals surface area contributed by atoms with Crippen molar-refractivity contribution in [1.82, 2.24) is 50.2 Å². The molecule has 9 heterocycles. The number of hydrazine groups is 1. The van der Waals surface area contributed by atoms with Gasteiger partial charge in [-0.2, -0.15) is 13.2 Å². The van der Waals surface area contributed by atoms with Gasteiger partial charge in [-0.05, 0) is 117 Å². The van der Waals surface area contributed by atoms with Crippen LogP contribution in [0.3, 0.4) is 0 Å². The van der Waals surface area contributed by atoms with Crippen LogP contribution in [-0.4, -0.2) is 186 Å². The minimum absolute atomic E-state index is 0.0190. The van der Waals surface area contributed by atoms with Crippen molar-refractivity contribution in [3.05, 3.63) is 53.4 Å². The summed E-state index contributed by atoms with van der Waals surface area (Å²) in [4.78, 5) is 74.2. The van der Waals surface area contributed by atoms with Gasteiger partial charge in [0.25, 0.3) is 5.91 Å². The second-order valence-electron chi connectivity index (χ2n) is 26.1. The Balaban J connectivity index is 0.891. The molecule has 1 spiro atoms. The fraction of sp³-hybridized carbons (Fsp3) is 0.683. The first-order valence-electron chi connectivity index (χ1n) is 29.8. The second kappa shape index (κ2) is 21.7. The number of hydrogen-bond acceptors (Lipinski definition) is 12. The number of ether oxygens (including phenoxy) is 1. The van der Waals surface area contributed by atoms with E-state index in [1.165, 1.54) is 22.4 Å². The highest BCUT2D eigenvalue weighted by atomic mass is 19.4. The van der Waals surface area contributed by atoms with Crippen molar-refractivity contribution in [1.29, 1.82) is 0 Å². The number of alkyl halides is 3. The lowest BCUT2D eigenvalue weighted by molar-refractivity contribution is -0.155. The molecule has 428 valence electrons. The van der Waals surface area contributed by atoms with E-state index in [2.05, 4.69) is 47.8 Å². The molecule has 1 aromatic carbocycles. The van der Waals surface area contributed by atoms with Gasteiger partial charge in [-0.15, -0.1) is 0 Å². The Bertz CT molecular complexity index is 2850. The number of likely N-dealkylation sites (tertiary alicyclic amines) is 2. The molecule has 19 heteroatoms. The third-order valence-electron chi connectivity index (χ3n) is 19.0. The SMILES string of the molecule is CC(C)c1ncc(N2CCN(C3CC3)CC2)cc1-c1c2c3cc(ccc3n1CC(F)(F)F)C1=CCCN(C1)C[C@H](NC(=O)[C@H](C1CCCC1)N1CC[C@]3(CCN(C(=O)[C@H]4CN4)C3)C1)C(=O)N1CCC[C@H](N1)C(=O)OCC(C)(C)C2. The Morgan fingerprint density at radius 1 is 0.924 bits per heavy atom. The van der Waals surface area contributed by atoms with Crippen molar-refractivity contribution >= 4 is 45.9 Å². The lowest BCUT2D eigenvalue weighted by atomic mass is 9.83. The summed E-state index contributed by atoms with van der Waals surface area (Å²) in [6.45, 7) is 15.6. The molecule has 0 radical (unpaired) electrons. The van der Waals surface area contributed by atoms with Crippen molar-refractivity contribution in [2.24, 2.45) is 16.7 Å². The zero-order valence-electron chi connectivity index (χ0n) is 46.9. The van der Waals surface area contributed by atoms with Crippen LogP contribution in [0.5, 0.6) is 0 Å². The molecule has 7 fully saturated rings. The van der Waals surface area contributed by atoms with E-state index in [0.717, 1.165) is 119 Å². The number of fused-ring (bicyclic) bond motifs is 6. The minimum Gasteiger partial charge on any atom is -0.464 e. The molecule has 5 saturated heterocycles. The molecule has 3 amide bonds. The molecule has 16 nitrogen and oxygen atoms in total. The van der Waals surface area contributed by atoms with Gasteiger partial charge in [-0.1, -0.05) is 52.7 Å². The van der Waals surface area contributed by atoms with Crippen molar-refractivity contribution < 1.29 is 37.1 Å². The van der Waals surface area contributed by atoms with Gasteiger partial charge in [0.05, 0.1) is 42.0 Å². The Morgan fingerprint density at radius 2 is 1.70 bits per heavy atom. The van der Waals surface area contributed by atoms with Gasteiger partial charge in [0, 0.05) is 112 Å². The number of pyridine rings is 1. The average molecular weight is 1090 g/mol. The number of hydrogen-bond donors (Lipinski definition) is 3. The number of carbonyl (C=O) groups excluding carboxylic acids is 4. The molecule has 2 aliphatic carbocycles. The number of nitrogens with one attached hydrogen (secondary N) is 3. The molecule has 9 aliphatic rings. The summed E-state index contributed by atoms with van der Waals surface area (Å²) < 4.78 is 53.2. The first-order valence-corrected chi connectivity index (χ1v) is 29.8. The van der Waals surface area contributed by atoms with E-state index < -0.39 is 42.2 Å². The fourth-order valence-electron chi connectivity index (χ4n) is 14.7. The highest BCUT2D eigenvalue weighted by Crippen LogP contribution is 2.46. The molecule has 12 rings (SSSR count). The fourth-order valence-corrected chi connectivity index (χ4v) is 14.7. The topological polar surface area (TPSA) is 161 Å². The number of benzene rings is 1. The summed E-state index contributed by atoms with van der Waals surface area (Å²) in [6.07, 6.45) is 9.73. The number of esters is 1. The maximum atomic E-state index is 15.2. The summed E-state index contributed by atoms with van der Waals surface area (Å²) >= 11 is 0. The first kappa shape index (κ1) is 54.5. The van der Waals surface area contributed by atoms with Crippen molar-refractivity contribution in [3.63, 3.8) is 0 Å². The van der Waals surface area contributed by atoms with Gasteiger partial charge in [0.15, 0.2) is 0 Å². The third-order valence-corrected chi connectivity index (χ3v) is 19.0. The number of aromatic nitrogens is 2. The van der Waals surface area contributed by atoms with E-state index in [4.69, 9.17) is 9.72 Å². The summed E-state index contributed by atoms with van der Waals surface area (Å²) in [5, 5.41) is 8.73. The third kappa shape index (κ3) is 11.6. The lowest BCUT2D eigenvalue weighted by Gasteiger charge is -2.39. The Kier molecular flexibility index (Phi) is 15.0. The summed E-state index contributed by atoms with van der Waals surface area (Å²) in [6, 6.07) is 6.26. The van der Waals surface area contributed by atoms with Crippen LogP contribution in [0.1, 0.15) is 121 Å². The van der Waals surface area contributed by atoms with Crippen LogP contribution in [0.2, 0.25) is 0 Å². The number of piperazine rings is 1. The summed E-state index contributed by atoms with van der Waals surface area (Å²) in [5.41, 5.74) is 8.29. The van der Waals surface area contributed by atoms with Crippen LogP contribution in [0.15, 0.2) is 36.5 Å². The molecular formula is C60H82F3N11O5. The Hall–Kier alpha value is -5.08. The minimum atomic E-state index is -4.55. The Morgan fingerprint density at radius 3 is 2.43 bits per heavy atom. The van der Waals surface area contributed by atoms with Crippen LogP contribution < -0.4 is 21.0 Å². The van der Waals surface area contributed by atoms with Gasteiger partial charge in [0.1, 0.15) is 18.6 Å². The quantitative estimate of drug-likeness (QED) is 0.153. The molecule has 6 bridgehead atoms. The van der Waals surface area contributed by atoms with Gasteiger partial charge in [-0.3, -0.25) is 43.9 Å². The van der Waals surface area contributed by atoms with Crippen molar-refractivity contribution in [3.8, 4) is 11.3 Å². The monoisotopic (exact) mass is 1090 g/mol. The van der Waals surface area contributed by atoms with Crippen LogP contribution in [0.4, 0.5) is 18.9 Å². The summed E-state index contributed by atoms with van der Waals surface area (Å²) in [5.74, 6) is -0.766. The molecular weight excluding hydrogens is 1010 g/mol. The number of carbonyl (C=O) groups is 4. The van der Waals surface area contributed by atoms with E-state index in [1.807, 2.05) is 57.0 Å². The van der Waals surface area contributed by atoms with E-state index in [9.17, 15) is 9.59 Å². The summed E-state index contributed by atoms with van der Waals surface area (Å²) in [7, 11) is 0. The maximum Gasteiger partial charge on any atom is 0.406 e. The molecule has 3 aromatic rings. The van der Waals surface area contributed by atoms with E-state index in [1.54, 1.807) is 0 Å². The van der Waals surface area contributed by atoms with Gasteiger partial charge in [0.2, 0.25) is 11.8 Å². The zero-order valence-corrected chi connectivity index (χ0v) is 46.9. The molecule has 1 unspecified atom stereocenters. The lowest BCUT2D eigenvalue weighted by Crippen LogP contribution is -2.63. The van der Waals surface area contributed by atoms with E-state index in [0.29, 0.717) is 80.1 Å². The van der Waals surface area contributed by atoms with Crippen LogP contribution in [-0.2, 0) is 36.9 Å². The number of amides is 3. The number of anilines is 1. The predicted octanol–water partition coefficient (Wildman–Crippen LogP) is 6.32. The highest BCUT2D eigenvalue weighted by molar-refractivity contribution is 5.95. The molecule has 79 heavy (non-hydrogen) atoms. The normalized spacial score (nSPS) is 28.9.